The Balaban J connectivity index is 1.91. The van der Waals surface area contributed by atoms with Crippen molar-refractivity contribution >= 4 is 17.9 Å². The van der Waals surface area contributed by atoms with Crippen LogP contribution >= 0.6 is 0 Å². The fourth-order valence-corrected chi connectivity index (χ4v) is 4.44. The third-order valence-corrected chi connectivity index (χ3v) is 6.40. The van der Waals surface area contributed by atoms with E-state index in [0.717, 1.165) is 55.8 Å². The van der Waals surface area contributed by atoms with Gasteiger partial charge in [0.2, 0.25) is 0 Å². The summed E-state index contributed by atoms with van der Waals surface area (Å²) in [5.41, 5.74) is 9.21. The van der Waals surface area contributed by atoms with Gasteiger partial charge < -0.3 is 30.3 Å². The van der Waals surface area contributed by atoms with E-state index < -0.39 is 0 Å². The lowest BCUT2D eigenvalue weighted by atomic mass is 9.99. The van der Waals surface area contributed by atoms with E-state index in [1.165, 1.54) is 0 Å². The summed E-state index contributed by atoms with van der Waals surface area (Å²) in [5.74, 6) is 0.908. The minimum absolute atomic E-state index is 0.290. The van der Waals surface area contributed by atoms with Crippen molar-refractivity contribution in [2.24, 2.45) is 5.73 Å². The number of carbonyl (C=O) groups is 2. The maximum Gasteiger partial charge on any atom is 0.254 e. The minimum atomic E-state index is -0.307. The molecular formula is C27H36N4O4. The van der Waals surface area contributed by atoms with Gasteiger partial charge in [0.1, 0.15) is 0 Å². The zero-order valence-electron chi connectivity index (χ0n) is 20.9. The van der Waals surface area contributed by atoms with E-state index in [0.29, 0.717) is 35.6 Å². The quantitative estimate of drug-likeness (QED) is 0.476. The number of anilines is 1. The van der Waals surface area contributed by atoms with Crippen LogP contribution in [-0.2, 0) is 0 Å². The van der Waals surface area contributed by atoms with E-state index in [4.69, 9.17) is 15.2 Å². The average Bonchev–Trinajstić information content (AvgIpc) is 2.89. The van der Waals surface area contributed by atoms with E-state index in [1.807, 2.05) is 37.3 Å². The second-order valence-corrected chi connectivity index (χ2v) is 8.64. The second kappa shape index (κ2) is 12.3. The van der Waals surface area contributed by atoms with Crippen LogP contribution in [0.15, 0.2) is 48.7 Å². The number of piperazine rings is 1. The maximum atomic E-state index is 13.7. The number of nitrogens with two attached hydrogens (primary N) is 1. The molecule has 8 nitrogen and oxygen atoms in total. The van der Waals surface area contributed by atoms with Crippen LogP contribution in [-0.4, -0.2) is 64.0 Å². The van der Waals surface area contributed by atoms with Crippen LogP contribution in [0.2, 0.25) is 0 Å². The number of amides is 1. The molecule has 3 N–H and O–H groups in total. The third-order valence-electron chi connectivity index (χ3n) is 6.40. The highest BCUT2D eigenvalue weighted by Crippen LogP contribution is 2.32. The molecular weight excluding hydrogens is 444 g/mol. The normalized spacial score (nSPS) is 14.3. The number of nitrogens with zero attached hydrogens (tertiary/aromatic N) is 2. The van der Waals surface area contributed by atoms with Gasteiger partial charge >= 0.3 is 0 Å². The van der Waals surface area contributed by atoms with E-state index in [1.54, 1.807) is 20.3 Å². The van der Waals surface area contributed by atoms with Crippen molar-refractivity contribution in [2.45, 2.75) is 25.8 Å². The smallest absolute Gasteiger partial charge is 0.254 e. The Morgan fingerprint density at radius 1 is 1.14 bits per heavy atom. The number of ether oxygens (including phenoxy) is 2. The van der Waals surface area contributed by atoms with Crippen molar-refractivity contribution in [1.29, 1.82) is 0 Å². The third kappa shape index (κ3) is 6.14. The van der Waals surface area contributed by atoms with Gasteiger partial charge in [-0.1, -0.05) is 24.8 Å². The van der Waals surface area contributed by atoms with Crippen LogP contribution in [0.5, 0.6) is 11.5 Å². The largest absolute Gasteiger partial charge is 0.493 e. The predicted molar refractivity (Wildman–Crippen MR) is 138 cm³/mol. The summed E-state index contributed by atoms with van der Waals surface area (Å²) in [7, 11) is 3.16. The molecule has 1 fully saturated rings. The molecule has 1 atom stereocenters. The molecule has 0 radical (unpaired) electrons. The number of hydrogen-bond donors (Lipinski definition) is 2. The minimum Gasteiger partial charge on any atom is -0.493 e. The van der Waals surface area contributed by atoms with Crippen molar-refractivity contribution in [3.63, 3.8) is 0 Å². The van der Waals surface area contributed by atoms with Crippen LogP contribution in [0.25, 0.3) is 0 Å². The molecule has 1 heterocycles. The van der Waals surface area contributed by atoms with Gasteiger partial charge in [-0.05, 0) is 50.1 Å². The Morgan fingerprint density at radius 3 is 2.46 bits per heavy atom. The molecule has 0 saturated carbocycles. The Hall–Kier alpha value is -3.52. The zero-order chi connectivity index (χ0) is 25.4. The van der Waals surface area contributed by atoms with Gasteiger partial charge in [0.05, 0.1) is 31.5 Å². The Morgan fingerprint density at radius 2 is 1.86 bits per heavy atom. The lowest BCUT2D eigenvalue weighted by molar-refractivity contribution is 0.0929. The van der Waals surface area contributed by atoms with Crippen molar-refractivity contribution in [1.82, 2.24) is 10.2 Å². The summed E-state index contributed by atoms with van der Waals surface area (Å²) >= 11 is 0. The Labute approximate surface area is 207 Å². The summed E-state index contributed by atoms with van der Waals surface area (Å²) in [6.07, 6.45) is 2.12. The van der Waals surface area contributed by atoms with E-state index in [2.05, 4.69) is 21.7 Å². The molecule has 1 saturated heterocycles. The topological polar surface area (TPSA) is 97.1 Å². The highest BCUT2D eigenvalue weighted by molar-refractivity contribution is 6.06. The van der Waals surface area contributed by atoms with Crippen LogP contribution < -0.4 is 25.4 Å². The van der Waals surface area contributed by atoms with Gasteiger partial charge in [0.15, 0.2) is 17.8 Å². The summed E-state index contributed by atoms with van der Waals surface area (Å²) < 4.78 is 10.8. The van der Waals surface area contributed by atoms with Crippen LogP contribution in [0.3, 0.4) is 0 Å². The van der Waals surface area contributed by atoms with E-state index in [9.17, 15) is 9.59 Å². The molecule has 1 amide bonds. The van der Waals surface area contributed by atoms with Gasteiger partial charge in [0.25, 0.3) is 5.91 Å². The van der Waals surface area contributed by atoms with Crippen LogP contribution in [0.1, 0.15) is 52.1 Å². The molecule has 0 unspecified atom stereocenters. The Bertz CT molecular complexity index is 1050. The number of carbonyl (C=O) groups excluding carboxylic acids is 2. The first-order valence-corrected chi connectivity index (χ1v) is 11.9. The monoisotopic (exact) mass is 480 g/mol. The molecule has 1 aliphatic rings. The molecule has 0 bridgehead atoms. The lowest BCUT2D eigenvalue weighted by Gasteiger charge is -2.38. The van der Waals surface area contributed by atoms with Gasteiger partial charge in [-0.15, -0.1) is 0 Å². The number of aldehydes is 1. The van der Waals surface area contributed by atoms with Crippen LogP contribution in [0, 0.1) is 0 Å². The second-order valence-electron chi connectivity index (χ2n) is 8.64. The van der Waals surface area contributed by atoms with Gasteiger partial charge in [-0.2, -0.15) is 0 Å². The van der Waals surface area contributed by atoms with Crippen molar-refractivity contribution in [3.8, 4) is 11.5 Å². The van der Waals surface area contributed by atoms with Gasteiger partial charge in [-0.25, -0.2) is 0 Å². The van der Waals surface area contributed by atoms with Crippen molar-refractivity contribution in [2.75, 3.05) is 51.8 Å². The fraction of sp³-hybridized carbons (Fsp3) is 0.407. The lowest BCUT2D eigenvalue weighted by Crippen LogP contribution is -2.46. The molecule has 0 aromatic heterocycles. The van der Waals surface area contributed by atoms with Gasteiger partial charge in [-0.3, -0.25) is 9.59 Å². The molecule has 188 valence electrons. The number of rotatable bonds is 11. The first-order valence-electron chi connectivity index (χ1n) is 11.9. The molecule has 0 spiro atoms. The predicted octanol–water partition coefficient (Wildman–Crippen LogP) is 3.38. The fourth-order valence-electron chi connectivity index (χ4n) is 4.44. The molecule has 8 heteroatoms. The first-order chi connectivity index (χ1) is 16.9. The number of allylic oxidation sites excluding steroid dienone is 1. The SMILES string of the molecule is C=C(C)N1CCN(c2cccc(C=O)c2C(=O)N[C@H](CCCN)c2ccc(OC)c(OC)c2)CC1. The molecule has 2 aromatic carbocycles. The van der Waals surface area contributed by atoms with Crippen molar-refractivity contribution < 1.29 is 19.1 Å². The number of hydrogen-bond acceptors (Lipinski definition) is 7. The molecule has 2 aromatic rings. The maximum absolute atomic E-state index is 13.7. The Kier molecular flexibility index (Phi) is 9.14. The molecule has 1 aliphatic heterocycles. The molecule has 3 rings (SSSR count). The first kappa shape index (κ1) is 26.1. The number of benzene rings is 2. The highest BCUT2D eigenvalue weighted by atomic mass is 16.5. The summed E-state index contributed by atoms with van der Waals surface area (Å²) in [6, 6.07) is 10.7. The zero-order valence-corrected chi connectivity index (χ0v) is 20.9. The number of methoxy groups -OCH3 is 2. The summed E-state index contributed by atoms with van der Waals surface area (Å²) in [4.78, 5) is 30.0. The summed E-state index contributed by atoms with van der Waals surface area (Å²) in [5, 5.41) is 3.15. The number of nitrogens with one attached hydrogen (secondary N) is 1. The standard InChI is InChI=1S/C27H36N4O4/c1-19(2)30-13-15-31(16-14-30)23-9-5-7-21(18-32)26(23)27(33)29-22(8-6-12-28)20-10-11-24(34-3)25(17-20)35-4/h5,7,9-11,17-18,22H,1,6,8,12-16,28H2,2-4H3,(H,29,33)/t22-/m1/s1. The summed E-state index contributed by atoms with van der Waals surface area (Å²) in [6.45, 7) is 9.63. The molecule has 35 heavy (non-hydrogen) atoms. The van der Waals surface area contributed by atoms with E-state index >= 15 is 0 Å². The highest BCUT2D eigenvalue weighted by Gasteiger charge is 2.26. The van der Waals surface area contributed by atoms with Crippen molar-refractivity contribution in [3.05, 3.63) is 65.4 Å². The van der Waals surface area contributed by atoms with E-state index in [-0.39, 0.29) is 11.9 Å². The van der Waals surface area contributed by atoms with Gasteiger partial charge in [0, 0.05) is 37.4 Å². The van der Waals surface area contributed by atoms with Crippen LogP contribution in [0.4, 0.5) is 5.69 Å². The molecule has 0 aliphatic carbocycles. The average molecular weight is 481 g/mol.